The minimum Gasteiger partial charge on any atom is -0.506 e. The van der Waals surface area contributed by atoms with Crippen molar-refractivity contribution in [1.29, 1.82) is 0 Å². The van der Waals surface area contributed by atoms with Crippen molar-refractivity contribution in [2.75, 3.05) is 13.2 Å². The number of halogens is 1. The zero-order chi connectivity index (χ0) is 20.5. The topological polar surface area (TPSA) is 113 Å². The molecule has 7 nitrogen and oxygen atoms in total. The van der Waals surface area contributed by atoms with Crippen LogP contribution in [0.5, 0.6) is 5.75 Å². The number of hydrogen-bond acceptors (Lipinski definition) is 5. The van der Waals surface area contributed by atoms with Gasteiger partial charge in [-0.3, -0.25) is 14.4 Å². The average Bonchev–Trinajstić information content (AvgIpc) is 2.58. The second-order valence-electron chi connectivity index (χ2n) is 6.89. The summed E-state index contributed by atoms with van der Waals surface area (Å²) in [5.41, 5.74) is -0.122. The predicted octanol–water partition coefficient (Wildman–Crippen LogP) is 2.33. The van der Waals surface area contributed by atoms with E-state index in [-0.39, 0.29) is 29.4 Å². The third-order valence-corrected chi connectivity index (χ3v) is 4.21. The molecule has 0 bridgehead atoms. The highest BCUT2D eigenvalue weighted by Gasteiger charge is 2.39. The highest BCUT2D eigenvalue weighted by atomic mass is 19.1. The van der Waals surface area contributed by atoms with Crippen LogP contribution in [-0.2, 0) is 14.4 Å². The van der Waals surface area contributed by atoms with Crippen molar-refractivity contribution in [2.45, 2.75) is 33.6 Å². The third-order valence-electron chi connectivity index (χ3n) is 4.21. The average molecular weight is 379 g/mol. The fourth-order valence-electron chi connectivity index (χ4n) is 2.92. The molecule has 1 aliphatic rings. The summed E-state index contributed by atoms with van der Waals surface area (Å²) >= 11 is 0. The highest BCUT2D eigenvalue weighted by Crippen LogP contribution is 2.41. The molecule has 0 heterocycles. The Morgan fingerprint density at radius 3 is 2.56 bits per heavy atom. The van der Waals surface area contributed by atoms with E-state index in [0.717, 1.165) is 0 Å². The van der Waals surface area contributed by atoms with Crippen LogP contribution >= 0.6 is 0 Å². The molecule has 0 saturated carbocycles. The van der Waals surface area contributed by atoms with E-state index < -0.39 is 47.3 Å². The summed E-state index contributed by atoms with van der Waals surface area (Å²) in [5.74, 6) is -5.42. The third kappa shape index (κ3) is 3.94. The second kappa shape index (κ2) is 7.77. The summed E-state index contributed by atoms with van der Waals surface area (Å²) in [6.07, 6.45) is 0. The first-order chi connectivity index (χ1) is 12.6. The van der Waals surface area contributed by atoms with Gasteiger partial charge >= 0.3 is 5.97 Å². The fourth-order valence-corrected chi connectivity index (χ4v) is 2.92. The van der Waals surface area contributed by atoms with Crippen molar-refractivity contribution in [3.05, 3.63) is 34.1 Å². The molecule has 8 heteroatoms. The monoisotopic (exact) mass is 379 g/mol. The molecule has 0 radical (unpaired) electrons. The van der Waals surface area contributed by atoms with Gasteiger partial charge in [-0.05, 0) is 24.5 Å². The number of rotatable bonds is 6. The van der Waals surface area contributed by atoms with Gasteiger partial charge < -0.3 is 20.3 Å². The summed E-state index contributed by atoms with van der Waals surface area (Å²) in [6.45, 7) is 6.41. The lowest BCUT2D eigenvalue weighted by Gasteiger charge is -2.26. The first kappa shape index (κ1) is 20.4. The Labute approximate surface area is 155 Å². The zero-order valence-corrected chi connectivity index (χ0v) is 15.6. The molecule has 1 unspecified atom stereocenters. The summed E-state index contributed by atoms with van der Waals surface area (Å²) in [5, 5.41) is 21.2. The summed E-state index contributed by atoms with van der Waals surface area (Å²) in [7, 11) is 0. The van der Waals surface area contributed by atoms with Crippen LogP contribution in [0.25, 0.3) is 5.76 Å². The molecule has 146 valence electrons. The van der Waals surface area contributed by atoms with Crippen molar-refractivity contribution in [2.24, 2.45) is 5.92 Å². The zero-order valence-electron chi connectivity index (χ0n) is 15.6. The van der Waals surface area contributed by atoms with Crippen LogP contribution in [0.4, 0.5) is 4.39 Å². The number of aliphatic hydroxyl groups excluding tert-OH is 1. The lowest BCUT2D eigenvalue weighted by Crippen LogP contribution is -2.36. The number of carbonyl (C=O) groups excluding carboxylic acids is 2. The quantitative estimate of drug-likeness (QED) is 0.654. The van der Waals surface area contributed by atoms with E-state index in [1.54, 1.807) is 6.92 Å². The molecular formula is C19H22FNO6. The standard InChI is InChI=1S/C19H22FNO6/c1-8(2)7-27-11-5-9(3)13-14(16(11)20)10(4)17(24)15(18(13)25)19(26)21-6-12(22)23/h5,8,10,25H,6-7H2,1-4H3,(H,21,26)(H,22,23). The summed E-state index contributed by atoms with van der Waals surface area (Å²) < 4.78 is 20.4. The van der Waals surface area contributed by atoms with E-state index in [1.807, 2.05) is 19.2 Å². The molecular weight excluding hydrogens is 357 g/mol. The smallest absolute Gasteiger partial charge is 0.322 e. The largest absolute Gasteiger partial charge is 0.506 e. The van der Waals surface area contributed by atoms with Gasteiger partial charge in [0.05, 0.1) is 6.61 Å². The van der Waals surface area contributed by atoms with Crippen molar-refractivity contribution in [3.8, 4) is 5.75 Å². The van der Waals surface area contributed by atoms with Gasteiger partial charge in [0.2, 0.25) is 0 Å². The lowest BCUT2D eigenvalue weighted by atomic mass is 9.79. The number of carboxylic acids is 1. The number of ketones is 1. The van der Waals surface area contributed by atoms with E-state index in [0.29, 0.717) is 5.56 Å². The van der Waals surface area contributed by atoms with Gasteiger partial charge in [-0.15, -0.1) is 0 Å². The number of hydrogen-bond donors (Lipinski definition) is 3. The molecule has 0 spiro atoms. The first-order valence-electron chi connectivity index (χ1n) is 8.49. The van der Waals surface area contributed by atoms with E-state index in [2.05, 4.69) is 0 Å². The molecule has 1 aliphatic carbocycles. The molecule has 1 amide bonds. The van der Waals surface area contributed by atoms with E-state index in [9.17, 15) is 23.9 Å². The van der Waals surface area contributed by atoms with Crippen molar-refractivity contribution < 1.29 is 33.7 Å². The van der Waals surface area contributed by atoms with Crippen LogP contribution < -0.4 is 10.1 Å². The Bertz CT molecular complexity index is 843. The number of nitrogens with one attached hydrogen (secondary N) is 1. The molecule has 0 saturated heterocycles. The number of carbonyl (C=O) groups is 3. The van der Waals surface area contributed by atoms with Gasteiger partial charge in [0, 0.05) is 17.0 Å². The normalized spacial score (nSPS) is 16.4. The Morgan fingerprint density at radius 2 is 2.00 bits per heavy atom. The maximum Gasteiger partial charge on any atom is 0.322 e. The number of ether oxygens (including phenoxy) is 1. The molecule has 1 aromatic rings. The molecule has 2 rings (SSSR count). The van der Waals surface area contributed by atoms with E-state index >= 15 is 0 Å². The van der Waals surface area contributed by atoms with Crippen LogP contribution in [0.1, 0.15) is 43.4 Å². The Balaban J connectivity index is 2.56. The maximum absolute atomic E-state index is 15.0. The molecule has 1 aromatic carbocycles. The number of Topliss-reactive ketones (excluding diaryl/α,β-unsaturated/α-hetero) is 1. The van der Waals surface area contributed by atoms with E-state index in [1.165, 1.54) is 13.0 Å². The molecule has 27 heavy (non-hydrogen) atoms. The van der Waals surface area contributed by atoms with Gasteiger partial charge in [-0.2, -0.15) is 0 Å². The Morgan fingerprint density at radius 1 is 1.37 bits per heavy atom. The minimum absolute atomic E-state index is 0.0221. The van der Waals surface area contributed by atoms with Gasteiger partial charge in [0.15, 0.2) is 17.3 Å². The van der Waals surface area contributed by atoms with E-state index in [4.69, 9.17) is 9.84 Å². The molecule has 0 fully saturated rings. The van der Waals surface area contributed by atoms with Crippen LogP contribution in [-0.4, -0.2) is 41.0 Å². The SMILES string of the molecule is Cc1cc(OCC(C)C)c(F)c2c1C(O)=C(C(=O)NCC(=O)O)C(=O)C2C. The van der Waals surface area contributed by atoms with Crippen molar-refractivity contribution >= 4 is 23.4 Å². The molecule has 0 aliphatic heterocycles. The summed E-state index contributed by atoms with van der Waals surface area (Å²) in [6, 6.07) is 1.40. The molecule has 1 atom stereocenters. The number of carboxylic acid groups (broad SMARTS) is 1. The van der Waals surface area contributed by atoms with Crippen LogP contribution in [0.2, 0.25) is 0 Å². The van der Waals surface area contributed by atoms with Crippen LogP contribution in [0.3, 0.4) is 0 Å². The van der Waals surface area contributed by atoms with Gasteiger partial charge in [-0.25, -0.2) is 4.39 Å². The molecule has 3 N–H and O–H groups in total. The van der Waals surface area contributed by atoms with Gasteiger partial charge in [0.1, 0.15) is 17.9 Å². The number of aryl methyl sites for hydroxylation is 1. The van der Waals surface area contributed by atoms with Crippen LogP contribution in [0, 0.1) is 18.7 Å². The van der Waals surface area contributed by atoms with Gasteiger partial charge in [0.25, 0.3) is 5.91 Å². The predicted molar refractivity (Wildman–Crippen MR) is 95.1 cm³/mol. The minimum atomic E-state index is -1.30. The fraction of sp³-hybridized carbons (Fsp3) is 0.421. The van der Waals surface area contributed by atoms with Crippen molar-refractivity contribution in [1.82, 2.24) is 5.32 Å². The first-order valence-corrected chi connectivity index (χ1v) is 8.49. The number of fused-ring (bicyclic) bond motifs is 1. The number of aliphatic hydroxyl groups is 1. The summed E-state index contributed by atoms with van der Waals surface area (Å²) in [4.78, 5) is 35.4. The van der Waals surface area contributed by atoms with Gasteiger partial charge in [-0.1, -0.05) is 20.8 Å². The number of benzene rings is 1. The Kier molecular flexibility index (Phi) is 5.88. The number of amides is 1. The molecule has 0 aromatic heterocycles. The Hall–Kier alpha value is -2.90. The maximum atomic E-state index is 15.0. The van der Waals surface area contributed by atoms with Crippen LogP contribution in [0.15, 0.2) is 11.6 Å². The lowest BCUT2D eigenvalue weighted by molar-refractivity contribution is -0.137. The highest BCUT2D eigenvalue weighted by molar-refractivity contribution is 6.27. The number of aliphatic carboxylic acids is 1. The second-order valence-corrected chi connectivity index (χ2v) is 6.89. The van der Waals surface area contributed by atoms with Crippen molar-refractivity contribution in [3.63, 3.8) is 0 Å².